The maximum Gasteiger partial charge on any atom is 0.336 e. The highest BCUT2D eigenvalue weighted by Crippen LogP contribution is 2.40. The summed E-state index contributed by atoms with van der Waals surface area (Å²) in [7, 11) is 0. The summed E-state index contributed by atoms with van der Waals surface area (Å²) in [6.45, 7) is 5.26. The molecular weight excluding hydrogens is 666 g/mol. The molecule has 3 aromatic carbocycles. The van der Waals surface area contributed by atoms with Crippen molar-refractivity contribution >= 4 is 51.1 Å². The number of rotatable bonds is 13. The number of likely N-dealkylation sites (tertiary alicyclic amines) is 1. The molecular formula is C37H39NO11S. The summed E-state index contributed by atoms with van der Waals surface area (Å²) in [4.78, 5) is 58.9. The predicted molar refractivity (Wildman–Crippen MR) is 186 cm³/mol. The van der Waals surface area contributed by atoms with Gasteiger partial charge in [-0.1, -0.05) is 31.0 Å². The van der Waals surface area contributed by atoms with Crippen molar-refractivity contribution in [3.63, 3.8) is 0 Å². The van der Waals surface area contributed by atoms with Gasteiger partial charge >= 0.3 is 23.9 Å². The fourth-order valence-corrected chi connectivity index (χ4v) is 6.73. The molecule has 0 radical (unpaired) electrons. The van der Waals surface area contributed by atoms with Gasteiger partial charge in [0.1, 0.15) is 18.1 Å². The van der Waals surface area contributed by atoms with Crippen molar-refractivity contribution in [2.24, 2.45) is 0 Å². The Hall–Kier alpha value is -5.11. The van der Waals surface area contributed by atoms with E-state index in [2.05, 4.69) is 4.90 Å². The number of carbonyl (C=O) groups excluding carboxylic acids is 2. The molecule has 1 aromatic heterocycles. The third-order valence-corrected chi connectivity index (χ3v) is 9.20. The molecule has 1 aliphatic rings. The standard InChI is InChI=1S/C31H31NO4S.C6H8O7/c1-22(33)36-26-16-12-24(13-17-26)31-29(27-8-4-5-9-28(27)37-31)30(34)23-10-14-25(15-11-23)35-21-20-32-18-6-2-3-7-19-32;7-3(8)1-6(13,5(11)12)2-4(9)10/h4-5,8-17H,2-3,6-7,18-21H2,1H3;13H,1-2H2,(H,7,8)(H,9,10)(H,11,12). The molecule has 1 saturated heterocycles. The number of hydrogen-bond acceptors (Lipinski definition) is 10. The number of carbonyl (C=O) groups is 5. The van der Waals surface area contributed by atoms with E-state index in [9.17, 15) is 24.0 Å². The number of hydrogen-bond donors (Lipinski definition) is 4. The lowest BCUT2D eigenvalue weighted by Gasteiger charge is -2.19. The van der Waals surface area contributed by atoms with Gasteiger partial charge in [-0.15, -0.1) is 11.3 Å². The van der Waals surface area contributed by atoms with Gasteiger partial charge in [-0.25, -0.2) is 4.79 Å². The number of carboxylic acid groups (broad SMARTS) is 3. The van der Waals surface area contributed by atoms with Crippen molar-refractivity contribution in [3.8, 4) is 21.9 Å². The lowest BCUT2D eigenvalue weighted by Crippen LogP contribution is -2.42. The molecule has 0 spiro atoms. The van der Waals surface area contributed by atoms with E-state index in [1.54, 1.807) is 23.5 Å². The number of thiophene rings is 1. The Bertz CT molecular complexity index is 1790. The third kappa shape index (κ3) is 10.4. The average molecular weight is 706 g/mol. The molecule has 50 heavy (non-hydrogen) atoms. The minimum Gasteiger partial charge on any atom is -0.492 e. The monoisotopic (exact) mass is 705 g/mol. The maximum atomic E-state index is 13.8. The fraction of sp³-hybridized carbons (Fsp3) is 0.324. The van der Waals surface area contributed by atoms with Gasteiger partial charge in [0.15, 0.2) is 11.4 Å². The minimum absolute atomic E-state index is 0.0207. The van der Waals surface area contributed by atoms with Gasteiger partial charge in [-0.05, 0) is 86.1 Å². The Morgan fingerprint density at radius 2 is 1.36 bits per heavy atom. The molecule has 1 aliphatic heterocycles. The lowest BCUT2D eigenvalue weighted by atomic mass is 9.96. The normalized spacial score (nSPS) is 13.4. The van der Waals surface area contributed by atoms with Gasteiger partial charge in [0, 0.05) is 39.6 Å². The van der Waals surface area contributed by atoms with E-state index >= 15 is 0 Å². The first kappa shape index (κ1) is 37.7. The first-order chi connectivity index (χ1) is 23.9. The SMILES string of the molecule is CC(=O)Oc1ccc(-c2sc3ccccc3c2C(=O)c2ccc(OCCN3CCCCCC3)cc2)cc1.O=C(O)CC(O)(CC(=O)O)C(=O)O. The molecule has 0 atom stereocenters. The Balaban J connectivity index is 0.000000369. The number of ether oxygens (including phenoxy) is 2. The molecule has 0 amide bonds. The Labute approximate surface area is 292 Å². The Morgan fingerprint density at radius 1 is 0.780 bits per heavy atom. The van der Waals surface area contributed by atoms with Crippen molar-refractivity contribution < 1.29 is 53.9 Å². The maximum absolute atomic E-state index is 13.8. The molecule has 2 heterocycles. The van der Waals surface area contributed by atoms with Crippen LogP contribution in [0.2, 0.25) is 0 Å². The number of aliphatic hydroxyl groups is 1. The molecule has 264 valence electrons. The number of esters is 1. The smallest absolute Gasteiger partial charge is 0.336 e. The zero-order valence-corrected chi connectivity index (χ0v) is 28.3. The summed E-state index contributed by atoms with van der Waals surface area (Å²) in [5.41, 5.74) is -0.511. The van der Waals surface area contributed by atoms with E-state index in [0.717, 1.165) is 45.9 Å². The summed E-state index contributed by atoms with van der Waals surface area (Å²) >= 11 is 1.59. The summed E-state index contributed by atoms with van der Waals surface area (Å²) in [6.07, 6.45) is 2.91. The molecule has 4 aromatic rings. The molecule has 0 saturated carbocycles. The van der Waals surface area contributed by atoms with Crippen molar-refractivity contribution in [2.75, 3.05) is 26.2 Å². The van der Waals surface area contributed by atoms with Gasteiger partial charge in [-0.3, -0.25) is 24.1 Å². The van der Waals surface area contributed by atoms with Crippen molar-refractivity contribution in [2.45, 2.75) is 51.0 Å². The summed E-state index contributed by atoms with van der Waals surface area (Å²) < 4.78 is 12.2. The summed E-state index contributed by atoms with van der Waals surface area (Å²) in [5.74, 6) is -4.14. The first-order valence-electron chi connectivity index (χ1n) is 16.1. The van der Waals surface area contributed by atoms with E-state index in [1.165, 1.54) is 32.6 Å². The lowest BCUT2D eigenvalue weighted by molar-refractivity contribution is -0.170. The third-order valence-electron chi connectivity index (χ3n) is 7.98. The van der Waals surface area contributed by atoms with Crippen LogP contribution >= 0.6 is 11.3 Å². The molecule has 5 rings (SSSR count). The summed E-state index contributed by atoms with van der Waals surface area (Å²) in [5, 5.41) is 34.8. The number of benzene rings is 3. The van der Waals surface area contributed by atoms with Crippen LogP contribution in [0.3, 0.4) is 0 Å². The minimum atomic E-state index is -2.74. The molecule has 12 nitrogen and oxygen atoms in total. The van der Waals surface area contributed by atoms with E-state index in [-0.39, 0.29) is 11.8 Å². The molecule has 0 bridgehead atoms. The van der Waals surface area contributed by atoms with E-state index in [1.807, 2.05) is 60.7 Å². The number of carboxylic acids is 3. The van der Waals surface area contributed by atoms with Gasteiger partial charge in [0.2, 0.25) is 0 Å². The molecule has 13 heteroatoms. The highest BCUT2D eigenvalue weighted by molar-refractivity contribution is 7.22. The number of aliphatic carboxylic acids is 3. The van der Waals surface area contributed by atoms with Crippen LogP contribution in [0.15, 0.2) is 72.8 Å². The second kappa shape index (κ2) is 17.5. The van der Waals surface area contributed by atoms with Crippen molar-refractivity contribution in [1.29, 1.82) is 0 Å². The van der Waals surface area contributed by atoms with Gasteiger partial charge < -0.3 is 29.9 Å². The van der Waals surface area contributed by atoms with Crippen LogP contribution in [0, 0.1) is 0 Å². The van der Waals surface area contributed by atoms with Crippen LogP contribution in [0.25, 0.3) is 20.5 Å². The fourth-order valence-electron chi connectivity index (χ4n) is 5.53. The van der Waals surface area contributed by atoms with Gasteiger partial charge in [-0.2, -0.15) is 0 Å². The van der Waals surface area contributed by atoms with Crippen LogP contribution in [-0.2, 0) is 19.2 Å². The van der Waals surface area contributed by atoms with Crippen LogP contribution in [0.4, 0.5) is 0 Å². The van der Waals surface area contributed by atoms with Crippen LogP contribution in [-0.4, -0.2) is 86.8 Å². The number of ketones is 1. The Kier molecular flexibility index (Phi) is 13.2. The average Bonchev–Trinajstić information content (AvgIpc) is 3.25. The summed E-state index contributed by atoms with van der Waals surface area (Å²) in [6, 6.07) is 22.7. The highest BCUT2D eigenvalue weighted by atomic mass is 32.1. The van der Waals surface area contributed by atoms with E-state index in [0.29, 0.717) is 23.5 Å². The largest absolute Gasteiger partial charge is 0.492 e. The molecule has 4 N–H and O–H groups in total. The molecule has 0 unspecified atom stereocenters. The number of nitrogens with zero attached hydrogens (tertiary/aromatic N) is 1. The quantitative estimate of drug-likeness (QED) is 0.0753. The van der Waals surface area contributed by atoms with E-state index in [4.69, 9.17) is 29.9 Å². The second-order valence-electron chi connectivity index (χ2n) is 11.9. The first-order valence-corrected chi connectivity index (χ1v) is 16.9. The van der Waals surface area contributed by atoms with Gasteiger partial charge in [0.05, 0.1) is 12.8 Å². The number of fused-ring (bicyclic) bond motifs is 1. The predicted octanol–water partition coefficient (Wildman–Crippen LogP) is 5.73. The second-order valence-corrected chi connectivity index (χ2v) is 12.9. The zero-order valence-electron chi connectivity index (χ0n) is 27.5. The van der Waals surface area contributed by atoms with Crippen molar-refractivity contribution in [1.82, 2.24) is 4.90 Å². The van der Waals surface area contributed by atoms with Crippen LogP contribution in [0.5, 0.6) is 11.5 Å². The van der Waals surface area contributed by atoms with Crippen LogP contribution in [0.1, 0.15) is 61.4 Å². The van der Waals surface area contributed by atoms with E-state index < -0.39 is 36.4 Å². The topological polar surface area (TPSA) is 188 Å². The molecule has 0 aliphatic carbocycles. The van der Waals surface area contributed by atoms with Crippen LogP contribution < -0.4 is 9.47 Å². The highest BCUT2D eigenvalue weighted by Gasteiger charge is 2.40. The zero-order chi connectivity index (χ0) is 36.3. The molecule has 1 fully saturated rings. The Morgan fingerprint density at radius 3 is 1.92 bits per heavy atom. The van der Waals surface area contributed by atoms with Gasteiger partial charge in [0.25, 0.3) is 0 Å². The van der Waals surface area contributed by atoms with Crippen molar-refractivity contribution in [3.05, 3.63) is 83.9 Å².